The Morgan fingerprint density at radius 3 is 2.45 bits per heavy atom. The Morgan fingerprint density at radius 2 is 1.82 bits per heavy atom. The van der Waals surface area contributed by atoms with Gasteiger partial charge in [-0.25, -0.2) is 0 Å². The van der Waals surface area contributed by atoms with Crippen molar-refractivity contribution in [3.8, 4) is 11.5 Å². The summed E-state index contributed by atoms with van der Waals surface area (Å²) >= 11 is 0. The number of hydrogen-bond donors (Lipinski definition) is 2. The number of carbonyl (C=O) groups excluding carboxylic acids is 2. The van der Waals surface area contributed by atoms with Crippen LogP contribution < -0.4 is 20.1 Å². The van der Waals surface area contributed by atoms with Crippen molar-refractivity contribution in [1.82, 2.24) is 15.1 Å². The van der Waals surface area contributed by atoms with Crippen LogP contribution in [0.1, 0.15) is 45.6 Å². The van der Waals surface area contributed by atoms with Gasteiger partial charge in [0.15, 0.2) is 11.5 Å². The summed E-state index contributed by atoms with van der Waals surface area (Å²) in [6, 6.07) is 12.2. The maximum absolute atomic E-state index is 13.2. The lowest BCUT2D eigenvalue weighted by Crippen LogP contribution is -2.50. The van der Waals surface area contributed by atoms with Crippen molar-refractivity contribution >= 4 is 17.6 Å². The summed E-state index contributed by atoms with van der Waals surface area (Å²) in [5, 5.41) is 10.4. The quantitative estimate of drug-likeness (QED) is 0.604. The number of carbonyl (C=O) groups is 2. The van der Waals surface area contributed by atoms with Gasteiger partial charge in [-0.05, 0) is 42.7 Å². The highest BCUT2D eigenvalue weighted by atomic mass is 16.5. The second kappa shape index (κ2) is 8.97. The molecule has 1 aliphatic heterocycles. The molecule has 172 valence electrons. The third-order valence-corrected chi connectivity index (χ3v) is 6.12. The first-order valence-corrected chi connectivity index (χ1v) is 10.8. The summed E-state index contributed by atoms with van der Waals surface area (Å²) in [6.45, 7) is 4.01. The van der Waals surface area contributed by atoms with E-state index in [9.17, 15) is 9.59 Å². The van der Waals surface area contributed by atoms with Gasteiger partial charge in [0.2, 0.25) is 5.91 Å². The van der Waals surface area contributed by atoms with E-state index in [1.165, 1.54) is 19.8 Å². The molecule has 2 amide bonds. The standard InChI is InChI=1S/C25H28N4O4/c1-6-15-7-9-16(10-8-15)21-20-14(2)28-29(3)23(20)27-25(31)22(21)26-24(30)17-11-12-18(32-4)19(13-17)33-5/h7-13,21-22H,6H2,1-5H3,(H,26,30)(H,27,31)/t21-,22+/m0/s1. The normalized spacial score (nSPS) is 17.2. The fraction of sp³-hybridized carbons (Fsp3) is 0.320. The molecule has 2 heterocycles. The second-order valence-corrected chi connectivity index (χ2v) is 8.05. The topological polar surface area (TPSA) is 94.5 Å². The van der Waals surface area contributed by atoms with Crippen LogP contribution >= 0.6 is 0 Å². The molecular formula is C25H28N4O4. The van der Waals surface area contributed by atoms with E-state index in [1.54, 1.807) is 29.9 Å². The Balaban J connectivity index is 1.74. The molecule has 0 bridgehead atoms. The van der Waals surface area contributed by atoms with Gasteiger partial charge in [0.1, 0.15) is 11.9 Å². The Hall–Kier alpha value is -3.81. The maximum atomic E-state index is 13.2. The van der Waals surface area contributed by atoms with Crippen molar-refractivity contribution in [2.75, 3.05) is 19.5 Å². The SMILES string of the molecule is CCc1ccc([C@H]2c3c(C)nn(C)c3NC(=O)[C@@H]2NC(=O)c2ccc(OC)c(OC)c2)cc1. The van der Waals surface area contributed by atoms with Gasteiger partial charge in [-0.15, -0.1) is 0 Å². The van der Waals surface area contributed by atoms with Crippen molar-refractivity contribution in [3.05, 3.63) is 70.4 Å². The number of benzene rings is 2. The molecular weight excluding hydrogens is 420 g/mol. The van der Waals surface area contributed by atoms with Gasteiger partial charge in [0, 0.05) is 24.1 Å². The number of rotatable bonds is 6. The van der Waals surface area contributed by atoms with Crippen LogP contribution in [0, 0.1) is 6.92 Å². The Labute approximate surface area is 192 Å². The average Bonchev–Trinajstić information content (AvgIpc) is 3.11. The van der Waals surface area contributed by atoms with Crippen LogP contribution in [0.2, 0.25) is 0 Å². The number of amides is 2. The van der Waals surface area contributed by atoms with Crippen molar-refractivity contribution in [2.45, 2.75) is 32.2 Å². The molecule has 2 atom stereocenters. The molecule has 0 spiro atoms. The Morgan fingerprint density at radius 1 is 1.12 bits per heavy atom. The van der Waals surface area contributed by atoms with Crippen LogP contribution in [0.15, 0.2) is 42.5 Å². The number of fused-ring (bicyclic) bond motifs is 1. The number of anilines is 1. The van der Waals surface area contributed by atoms with E-state index >= 15 is 0 Å². The molecule has 0 radical (unpaired) electrons. The van der Waals surface area contributed by atoms with Crippen molar-refractivity contribution in [1.29, 1.82) is 0 Å². The molecule has 2 aromatic carbocycles. The smallest absolute Gasteiger partial charge is 0.252 e. The van der Waals surface area contributed by atoms with E-state index in [2.05, 4.69) is 34.8 Å². The summed E-state index contributed by atoms with van der Waals surface area (Å²) in [4.78, 5) is 26.4. The lowest BCUT2D eigenvalue weighted by atomic mass is 9.81. The molecule has 33 heavy (non-hydrogen) atoms. The van der Waals surface area contributed by atoms with E-state index < -0.39 is 6.04 Å². The highest BCUT2D eigenvalue weighted by molar-refractivity contribution is 6.04. The summed E-state index contributed by atoms with van der Waals surface area (Å²) in [7, 11) is 4.84. The molecule has 3 aromatic rings. The zero-order valence-corrected chi connectivity index (χ0v) is 19.4. The first-order chi connectivity index (χ1) is 15.9. The zero-order valence-electron chi connectivity index (χ0n) is 19.4. The van der Waals surface area contributed by atoms with Crippen molar-refractivity contribution in [2.24, 2.45) is 7.05 Å². The second-order valence-electron chi connectivity index (χ2n) is 8.05. The predicted octanol–water partition coefficient (Wildman–Crippen LogP) is 3.19. The van der Waals surface area contributed by atoms with Gasteiger partial charge >= 0.3 is 0 Å². The van der Waals surface area contributed by atoms with Crippen molar-refractivity contribution < 1.29 is 19.1 Å². The summed E-state index contributed by atoms with van der Waals surface area (Å²) in [5.41, 5.74) is 4.22. The molecule has 8 nitrogen and oxygen atoms in total. The van der Waals surface area contributed by atoms with Crippen LogP contribution in [-0.4, -0.2) is 41.9 Å². The van der Waals surface area contributed by atoms with Crippen LogP contribution in [-0.2, 0) is 18.3 Å². The highest BCUT2D eigenvalue weighted by Crippen LogP contribution is 2.39. The lowest BCUT2D eigenvalue weighted by molar-refractivity contribution is -0.118. The van der Waals surface area contributed by atoms with Crippen LogP contribution in [0.25, 0.3) is 0 Å². The third-order valence-electron chi connectivity index (χ3n) is 6.12. The van der Waals surface area contributed by atoms with Gasteiger partial charge in [0.25, 0.3) is 5.91 Å². The molecule has 1 aliphatic rings. The monoisotopic (exact) mass is 448 g/mol. The van der Waals surface area contributed by atoms with Crippen molar-refractivity contribution in [3.63, 3.8) is 0 Å². The minimum Gasteiger partial charge on any atom is -0.493 e. The lowest BCUT2D eigenvalue weighted by Gasteiger charge is -2.32. The summed E-state index contributed by atoms with van der Waals surface area (Å²) < 4.78 is 12.2. The molecule has 1 aromatic heterocycles. The first-order valence-electron chi connectivity index (χ1n) is 10.8. The fourth-order valence-corrected chi connectivity index (χ4v) is 4.38. The highest BCUT2D eigenvalue weighted by Gasteiger charge is 2.41. The van der Waals surface area contributed by atoms with E-state index in [0.717, 1.165) is 23.2 Å². The van der Waals surface area contributed by atoms with E-state index in [1.807, 2.05) is 19.1 Å². The molecule has 0 aliphatic carbocycles. The molecule has 0 saturated heterocycles. The number of nitrogens with zero attached hydrogens (tertiary/aromatic N) is 2. The van der Waals surface area contributed by atoms with Gasteiger partial charge in [-0.2, -0.15) is 5.10 Å². The average molecular weight is 449 g/mol. The first kappa shape index (κ1) is 22.4. The fourth-order valence-electron chi connectivity index (χ4n) is 4.38. The molecule has 0 unspecified atom stereocenters. The van der Waals surface area contributed by atoms with Crippen LogP contribution in [0.5, 0.6) is 11.5 Å². The number of ether oxygens (including phenoxy) is 2. The summed E-state index contributed by atoms with van der Waals surface area (Å²) in [5.74, 6) is 0.570. The molecule has 4 rings (SSSR count). The summed E-state index contributed by atoms with van der Waals surface area (Å²) in [6.07, 6.45) is 0.919. The Bertz CT molecular complexity index is 1200. The third kappa shape index (κ3) is 4.04. The van der Waals surface area contributed by atoms with Crippen LogP contribution in [0.4, 0.5) is 5.82 Å². The predicted molar refractivity (Wildman–Crippen MR) is 125 cm³/mol. The Kier molecular flexibility index (Phi) is 6.09. The van der Waals surface area contributed by atoms with E-state index in [4.69, 9.17) is 9.47 Å². The number of hydrogen-bond acceptors (Lipinski definition) is 5. The number of methoxy groups -OCH3 is 2. The number of aromatic nitrogens is 2. The van der Waals surface area contributed by atoms with Gasteiger partial charge in [-0.1, -0.05) is 31.2 Å². The van der Waals surface area contributed by atoms with E-state index in [0.29, 0.717) is 22.9 Å². The minimum atomic E-state index is -0.812. The van der Waals surface area contributed by atoms with Gasteiger partial charge < -0.3 is 20.1 Å². The molecule has 0 fully saturated rings. The van der Waals surface area contributed by atoms with E-state index in [-0.39, 0.29) is 17.7 Å². The molecule has 2 N–H and O–H groups in total. The largest absolute Gasteiger partial charge is 0.493 e. The van der Waals surface area contributed by atoms with Crippen LogP contribution in [0.3, 0.4) is 0 Å². The number of nitrogens with one attached hydrogen (secondary N) is 2. The number of aryl methyl sites for hydroxylation is 3. The zero-order chi connectivity index (χ0) is 23.7. The molecule has 8 heteroatoms. The van der Waals surface area contributed by atoms with Gasteiger partial charge in [0.05, 0.1) is 19.9 Å². The maximum Gasteiger partial charge on any atom is 0.252 e. The molecule has 0 saturated carbocycles. The minimum absolute atomic E-state index is 0.288. The van der Waals surface area contributed by atoms with Gasteiger partial charge in [-0.3, -0.25) is 14.3 Å².